The highest BCUT2D eigenvalue weighted by Crippen LogP contribution is 2.19. The Hall–Kier alpha value is -0.814. The zero-order chi connectivity index (χ0) is 10.7. The molecule has 0 aliphatic carbocycles. The van der Waals surface area contributed by atoms with Gasteiger partial charge >= 0.3 is 5.97 Å². The average molecular weight is 247 g/mol. The van der Waals surface area contributed by atoms with Gasteiger partial charge in [-0.3, -0.25) is 4.89 Å². The number of carbonyl (C=O) groups is 1. The maximum atomic E-state index is 11.4. The third kappa shape index (κ3) is 2.65. The first kappa shape index (κ1) is 13.3. The normalized spacial score (nSPS) is 9.56. The van der Waals surface area contributed by atoms with E-state index in [-0.39, 0.29) is 23.1 Å². The summed E-state index contributed by atoms with van der Waals surface area (Å²) in [5.74, 6) is -0.609. The molecule has 0 atom stereocenters. The Morgan fingerprint density at radius 2 is 1.75 bits per heavy atom. The van der Waals surface area contributed by atoms with Crippen molar-refractivity contribution < 1.29 is 14.1 Å². The number of rotatable bonds is 2. The summed E-state index contributed by atoms with van der Waals surface area (Å²) < 4.78 is 3.83. The summed E-state index contributed by atoms with van der Waals surface area (Å²) >= 11 is 4.85. The lowest BCUT2D eigenvalue weighted by molar-refractivity contribution is -0.143. The first-order valence-electron chi connectivity index (χ1n) is 4.30. The van der Waals surface area contributed by atoms with Crippen LogP contribution in [0.5, 0.6) is 0 Å². The lowest BCUT2D eigenvalue weighted by Gasteiger charge is -2.02. The van der Waals surface area contributed by atoms with E-state index in [1.54, 1.807) is 12.1 Å². The van der Waals surface area contributed by atoms with E-state index < -0.39 is 5.97 Å². The van der Waals surface area contributed by atoms with Crippen molar-refractivity contribution in [1.29, 1.82) is 0 Å². The van der Waals surface area contributed by atoms with E-state index in [2.05, 4.69) is 9.33 Å². The van der Waals surface area contributed by atoms with Gasteiger partial charge in [0.2, 0.25) is 0 Å². The molecule has 0 aliphatic heterocycles. The second-order valence-corrected chi connectivity index (χ2v) is 3.09. The summed E-state index contributed by atoms with van der Waals surface area (Å²) in [6, 6.07) is 12.8. The van der Waals surface area contributed by atoms with Crippen LogP contribution in [-0.2, 0) is 9.33 Å². The van der Waals surface area contributed by atoms with Gasteiger partial charge in [0.1, 0.15) is 11.9 Å². The summed E-state index contributed by atoms with van der Waals surface area (Å²) in [5, 5.41) is 1.76. The summed E-state index contributed by atoms with van der Waals surface area (Å²) in [7, 11) is 0. The van der Waals surface area contributed by atoms with E-state index in [0.717, 1.165) is 10.8 Å². The molecule has 0 N–H and O–H groups in total. The average Bonchev–Trinajstić information content (AvgIpc) is 2.28. The molecule has 2 aromatic rings. The quantitative estimate of drug-likeness (QED) is 0.465. The van der Waals surface area contributed by atoms with Crippen molar-refractivity contribution in [2.45, 2.75) is 0 Å². The Morgan fingerprint density at radius 1 is 1.06 bits per heavy atom. The third-order valence-corrected chi connectivity index (χ3v) is 2.18. The fourth-order valence-corrected chi connectivity index (χ4v) is 1.53. The standard InChI is InChI=1S/C11H7ClO3.Mg/c12-15-14-11(13)10-7-3-5-8-4-1-2-6-9(8)10;/h1-7H;. The molecule has 2 aromatic carbocycles. The molecule has 16 heavy (non-hydrogen) atoms. The van der Waals surface area contributed by atoms with E-state index >= 15 is 0 Å². The zero-order valence-electron chi connectivity index (χ0n) is 8.35. The van der Waals surface area contributed by atoms with Gasteiger partial charge < -0.3 is 0 Å². The smallest absolute Gasteiger partial charge is 0.275 e. The summed E-state index contributed by atoms with van der Waals surface area (Å²) in [4.78, 5) is 15.7. The molecule has 0 saturated heterocycles. The Morgan fingerprint density at radius 3 is 2.50 bits per heavy atom. The van der Waals surface area contributed by atoms with Gasteiger partial charge in [0.05, 0.1) is 5.56 Å². The highest BCUT2D eigenvalue weighted by atomic mass is 35.5. The monoisotopic (exact) mass is 246 g/mol. The van der Waals surface area contributed by atoms with Gasteiger partial charge in [-0.05, 0) is 16.8 Å². The molecule has 0 heterocycles. The van der Waals surface area contributed by atoms with Crippen LogP contribution >= 0.6 is 11.9 Å². The first-order chi connectivity index (χ1) is 7.33. The van der Waals surface area contributed by atoms with Crippen molar-refractivity contribution in [3.05, 3.63) is 48.0 Å². The molecule has 0 amide bonds. The van der Waals surface area contributed by atoms with Gasteiger partial charge in [-0.15, -0.1) is 0 Å². The minimum absolute atomic E-state index is 0. The van der Waals surface area contributed by atoms with Gasteiger partial charge in [0, 0.05) is 23.1 Å². The minimum Gasteiger partial charge on any atom is -0.275 e. The second-order valence-electron chi connectivity index (χ2n) is 2.96. The number of hydrogen-bond donors (Lipinski definition) is 0. The third-order valence-electron chi connectivity index (χ3n) is 2.12. The Labute approximate surface area is 114 Å². The zero-order valence-corrected chi connectivity index (χ0v) is 10.5. The van der Waals surface area contributed by atoms with Crippen LogP contribution in [0.15, 0.2) is 42.5 Å². The number of hydrogen-bond acceptors (Lipinski definition) is 3. The Bertz CT molecular complexity index is 496. The topological polar surface area (TPSA) is 35.5 Å². The maximum absolute atomic E-state index is 11.4. The van der Waals surface area contributed by atoms with E-state index in [9.17, 15) is 4.79 Å². The molecule has 78 valence electrons. The lowest BCUT2D eigenvalue weighted by atomic mass is 10.1. The number of halogens is 1. The number of benzene rings is 2. The number of fused-ring (bicyclic) bond motifs is 1. The molecule has 0 spiro atoms. The van der Waals surface area contributed by atoms with Crippen molar-refractivity contribution in [3.63, 3.8) is 0 Å². The van der Waals surface area contributed by atoms with E-state index in [1.165, 1.54) is 0 Å². The van der Waals surface area contributed by atoms with Crippen LogP contribution in [-0.4, -0.2) is 29.0 Å². The van der Waals surface area contributed by atoms with Crippen LogP contribution in [0.2, 0.25) is 0 Å². The molecular weight excluding hydrogens is 240 g/mol. The van der Waals surface area contributed by atoms with Crippen molar-refractivity contribution in [2.24, 2.45) is 0 Å². The lowest BCUT2D eigenvalue weighted by Crippen LogP contribution is -2.02. The highest BCUT2D eigenvalue weighted by Gasteiger charge is 2.11. The number of carbonyl (C=O) groups excluding carboxylic acids is 1. The minimum atomic E-state index is -0.609. The van der Waals surface area contributed by atoms with E-state index in [1.807, 2.05) is 30.3 Å². The molecule has 0 aliphatic rings. The molecule has 2 rings (SSSR count). The van der Waals surface area contributed by atoms with E-state index in [4.69, 9.17) is 11.9 Å². The molecule has 5 heteroatoms. The fourth-order valence-electron chi connectivity index (χ4n) is 1.48. The van der Waals surface area contributed by atoms with Gasteiger partial charge in [0.25, 0.3) is 0 Å². The highest BCUT2D eigenvalue weighted by molar-refractivity contribution is 6.08. The molecule has 0 fully saturated rings. The molecular formula is C11H7ClMgO3. The molecule has 2 radical (unpaired) electrons. The molecule has 0 unspecified atom stereocenters. The molecule has 0 bridgehead atoms. The SMILES string of the molecule is O=C(OOCl)c1cccc2ccccc12.[Mg]. The summed E-state index contributed by atoms with van der Waals surface area (Å²) in [5.41, 5.74) is 0.425. The van der Waals surface area contributed by atoms with Crippen molar-refractivity contribution in [3.8, 4) is 0 Å². The van der Waals surface area contributed by atoms with Crippen LogP contribution in [0.4, 0.5) is 0 Å². The van der Waals surface area contributed by atoms with Gasteiger partial charge in [-0.1, -0.05) is 40.8 Å². The van der Waals surface area contributed by atoms with Crippen LogP contribution in [0, 0.1) is 0 Å². The van der Waals surface area contributed by atoms with Crippen LogP contribution in [0.3, 0.4) is 0 Å². The maximum Gasteiger partial charge on any atom is 0.375 e. The molecule has 0 aromatic heterocycles. The Balaban J connectivity index is 0.00000128. The fraction of sp³-hybridized carbons (Fsp3) is 0. The van der Waals surface area contributed by atoms with Gasteiger partial charge in [0.15, 0.2) is 0 Å². The molecule has 0 saturated carbocycles. The van der Waals surface area contributed by atoms with Crippen molar-refractivity contribution in [1.82, 2.24) is 0 Å². The van der Waals surface area contributed by atoms with Crippen molar-refractivity contribution >= 4 is 51.7 Å². The van der Waals surface area contributed by atoms with E-state index in [0.29, 0.717) is 5.56 Å². The Kier molecular flexibility index (Phi) is 5.01. The first-order valence-corrected chi connectivity index (χ1v) is 4.61. The molecule has 3 nitrogen and oxygen atoms in total. The van der Waals surface area contributed by atoms with Crippen LogP contribution in [0.25, 0.3) is 10.8 Å². The predicted octanol–water partition coefficient (Wildman–Crippen LogP) is 2.70. The summed E-state index contributed by atoms with van der Waals surface area (Å²) in [6.45, 7) is 0. The summed E-state index contributed by atoms with van der Waals surface area (Å²) in [6.07, 6.45) is 0. The van der Waals surface area contributed by atoms with Gasteiger partial charge in [-0.25, -0.2) is 4.79 Å². The van der Waals surface area contributed by atoms with Crippen LogP contribution in [0.1, 0.15) is 10.4 Å². The van der Waals surface area contributed by atoms with Crippen molar-refractivity contribution in [2.75, 3.05) is 0 Å². The second kappa shape index (κ2) is 6.05. The largest absolute Gasteiger partial charge is 0.375 e. The van der Waals surface area contributed by atoms with Crippen LogP contribution < -0.4 is 0 Å². The van der Waals surface area contributed by atoms with Gasteiger partial charge in [-0.2, -0.15) is 0 Å². The predicted molar refractivity (Wildman–Crippen MR) is 62.1 cm³/mol.